The molecule has 1 aliphatic carbocycles. The molecule has 0 atom stereocenters. The minimum absolute atomic E-state index is 0.744. The third-order valence-corrected chi connectivity index (χ3v) is 4.47. The standard InChI is InChI=1S/C16H25BrN2/c1-19(2)10-4-3-9-18-16-11-14(12-16)13-5-7-15(17)8-6-13/h5-8,14,16,18H,3-4,9-12H2,1-2H3. The summed E-state index contributed by atoms with van der Waals surface area (Å²) < 4.78 is 1.17. The normalized spacial score (nSPS) is 22.5. The molecule has 106 valence electrons. The van der Waals surface area contributed by atoms with E-state index >= 15 is 0 Å². The molecule has 0 heterocycles. The summed E-state index contributed by atoms with van der Waals surface area (Å²) in [5.74, 6) is 0.771. The van der Waals surface area contributed by atoms with Crippen molar-refractivity contribution >= 4 is 15.9 Å². The van der Waals surface area contributed by atoms with E-state index in [4.69, 9.17) is 0 Å². The summed E-state index contributed by atoms with van der Waals surface area (Å²) in [4.78, 5) is 2.26. The first-order valence-corrected chi connectivity index (χ1v) is 8.08. The molecule has 19 heavy (non-hydrogen) atoms. The van der Waals surface area contributed by atoms with Crippen LogP contribution in [0, 0.1) is 0 Å². The second-order valence-electron chi connectivity index (χ2n) is 5.88. The Hall–Kier alpha value is -0.380. The average Bonchev–Trinajstić information content (AvgIpc) is 2.32. The molecule has 0 radical (unpaired) electrons. The van der Waals surface area contributed by atoms with Crippen LogP contribution in [0.1, 0.15) is 37.2 Å². The van der Waals surface area contributed by atoms with Gasteiger partial charge < -0.3 is 10.2 Å². The number of hydrogen-bond acceptors (Lipinski definition) is 2. The molecule has 1 aliphatic rings. The van der Waals surface area contributed by atoms with Crippen molar-refractivity contribution in [3.63, 3.8) is 0 Å². The van der Waals surface area contributed by atoms with Crippen LogP contribution in [0.25, 0.3) is 0 Å². The average molecular weight is 325 g/mol. The maximum atomic E-state index is 3.68. The lowest BCUT2D eigenvalue weighted by molar-refractivity contribution is 0.287. The Labute approximate surface area is 125 Å². The van der Waals surface area contributed by atoms with Crippen LogP contribution >= 0.6 is 15.9 Å². The Bertz CT molecular complexity index is 369. The Morgan fingerprint density at radius 2 is 1.84 bits per heavy atom. The van der Waals surface area contributed by atoms with Gasteiger partial charge in [0.2, 0.25) is 0 Å². The maximum absolute atomic E-state index is 3.68. The first-order valence-electron chi connectivity index (χ1n) is 7.28. The Morgan fingerprint density at radius 3 is 2.47 bits per heavy atom. The van der Waals surface area contributed by atoms with E-state index in [1.165, 1.54) is 48.8 Å². The highest BCUT2D eigenvalue weighted by Gasteiger charge is 2.29. The van der Waals surface area contributed by atoms with E-state index < -0.39 is 0 Å². The molecule has 0 saturated heterocycles. The summed E-state index contributed by atoms with van der Waals surface area (Å²) in [6.45, 7) is 2.37. The summed E-state index contributed by atoms with van der Waals surface area (Å²) >= 11 is 3.49. The van der Waals surface area contributed by atoms with Crippen LogP contribution in [0.2, 0.25) is 0 Å². The van der Waals surface area contributed by atoms with Gasteiger partial charge >= 0.3 is 0 Å². The van der Waals surface area contributed by atoms with Crippen molar-refractivity contribution in [3.05, 3.63) is 34.3 Å². The lowest BCUT2D eigenvalue weighted by atomic mass is 9.76. The minimum atomic E-state index is 0.744. The van der Waals surface area contributed by atoms with E-state index in [-0.39, 0.29) is 0 Å². The molecule has 0 bridgehead atoms. The Balaban J connectivity index is 1.57. The molecule has 2 nitrogen and oxygen atoms in total. The van der Waals surface area contributed by atoms with Gasteiger partial charge in [0.1, 0.15) is 0 Å². The first kappa shape index (κ1) is 15.0. The molecule has 0 unspecified atom stereocenters. The van der Waals surface area contributed by atoms with Crippen molar-refractivity contribution in [2.45, 2.75) is 37.6 Å². The van der Waals surface area contributed by atoms with Gasteiger partial charge in [-0.2, -0.15) is 0 Å². The van der Waals surface area contributed by atoms with Gasteiger partial charge in [0.05, 0.1) is 0 Å². The fourth-order valence-corrected chi connectivity index (χ4v) is 2.92. The van der Waals surface area contributed by atoms with Crippen LogP contribution in [0.4, 0.5) is 0 Å². The summed E-state index contributed by atoms with van der Waals surface area (Å²) in [5.41, 5.74) is 1.49. The summed E-state index contributed by atoms with van der Waals surface area (Å²) in [6, 6.07) is 9.55. The van der Waals surface area contributed by atoms with Crippen LogP contribution in [0.3, 0.4) is 0 Å². The Kier molecular flexibility index (Phi) is 5.86. The van der Waals surface area contributed by atoms with Crippen LogP contribution in [0.5, 0.6) is 0 Å². The minimum Gasteiger partial charge on any atom is -0.314 e. The van der Waals surface area contributed by atoms with Crippen LogP contribution < -0.4 is 5.32 Å². The van der Waals surface area contributed by atoms with Gasteiger partial charge in [-0.15, -0.1) is 0 Å². The quantitative estimate of drug-likeness (QED) is 0.770. The van der Waals surface area contributed by atoms with Crippen LogP contribution in [-0.2, 0) is 0 Å². The summed E-state index contributed by atoms with van der Waals surface area (Å²) in [5, 5.41) is 3.68. The molecule has 0 amide bonds. The first-order chi connectivity index (χ1) is 9.15. The van der Waals surface area contributed by atoms with E-state index in [2.05, 4.69) is 64.5 Å². The zero-order valence-corrected chi connectivity index (χ0v) is 13.6. The number of nitrogens with zero attached hydrogens (tertiary/aromatic N) is 1. The number of benzene rings is 1. The molecule has 1 aromatic carbocycles. The smallest absolute Gasteiger partial charge is 0.0175 e. The Morgan fingerprint density at radius 1 is 1.16 bits per heavy atom. The van der Waals surface area contributed by atoms with Crippen molar-refractivity contribution in [3.8, 4) is 0 Å². The van der Waals surface area contributed by atoms with Gasteiger partial charge in [0.25, 0.3) is 0 Å². The van der Waals surface area contributed by atoms with Gasteiger partial charge in [0.15, 0.2) is 0 Å². The largest absolute Gasteiger partial charge is 0.314 e. The van der Waals surface area contributed by atoms with Crippen molar-refractivity contribution in [2.24, 2.45) is 0 Å². The molecule has 1 aromatic rings. The molecule has 1 N–H and O–H groups in total. The highest BCUT2D eigenvalue weighted by Crippen LogP contribution is 2.37. The van der Waals surface area contributed by atoms with Gasteiger partial charge in [-0.25, -0.2) is 0 Å². The molecule has 1 fully saturated rings. The number of unbranched alkanes of at least 4 members (excludes halogenated alkanes) is 1. The predicted octanol–water partition coefficient (Wildman–Crippen LogP) is 3.63. The van der Waals surface area contributed by atoms with Crippen molar-refractivity contribution in [2.75, 3.05) is 27.2 Å². The summed E-state index contributed by atoms with van der Waals surface area (Å²) in [7, 11) is 4.28. The van der Waals surface area contributed by atoms with Crippen molar-refractivity contribution < 1.29 is 0 Å². The zero-order valence-electron chi connectivity index (χ0n) is 12.0. The number of rotatable bonds is 7. The zero-order chi connectivity index (χ0) is 13.7. The van der Waals surface area contributed by atoms with Gasteiger partial charge in [0, 0.05) is 10.5 Å². The molecular weight excluding hydrogens is 300 g/mol. The second-order valence-corrected chi connectivity index (χ2v) is 6.80. The molecule has 0 aliphatic heterocycles. The van der Waals surface area contributed by atoms with Crippen molar-refractivity contribution in [1.82, 2.24) is 10.2 Å². The number of hydrogen-bond donors (Lipinski definition) is 1. The van der Waals surface area contributed by atoms with E-state index in [9.17, 15) is 0 Å². The molecule has 0 spiro atoms. The molecule has 0 aromatic heterocycles. The lowest BCUT2D eigenvalue weighted by Crippen LogP contribution is -2.40. The van der Waals surface area contributed by atoms with Gasteiger partial charge in [-0.05, 0) is 76.5 Å². The third kappa shape index (κ3) is 4.90. The molecular formula is C16H25BrN2. The van der Waals surface area contributed by atoms with E-state index in [0.29, 0.717) is 0 Å². The van der Waals surface area contributed by atoms with Gasteiger partial charge in [-0.1, -0.05) is 28.1 Å². The molecule has 3 heteroatoms. The molecule has 1 saturated carbocycles. The third-order valence-electron chi connectivity index (χ3n) is 3.94. The maximum Gasteiger partial charge on any atom is 0.0175 e. The lowest BCUT2D eigenvalue weighted by Gasteiger charge is -2.36. The number of nitrogens with one attached hydrogen (secondary N) is 1. The van der Waals surface area contributed by atoms with E-state index in [1.54, 1.807) is 0 Å². The van der Waals surface area contributed by atoms with Crippen LogP contribution in [0.15, 0.2) is 28.7 Å². The molecule has 2 rings (SSSR count). The predicted molar refractivity (Wildman–Crippen MR) is 85.7 cm³/mol. The summed E-state index contributed by atoms with van der Waals surface area (Å²) in [6.07, 6.45) is 5.19. The topological polar surface area (TPSA) is 15.3 Å². The number of halogens is 1. The highest BCUT2D eigenvalue weighted by molar-refractivity contribution is 9.10. The monoisotopic (exact) mass is 324 g/mol. The van der Waals surface area contributed by atoms with Crippen LogP contribution in [-0.4, -0.2) is 38.1 Å². The highest BCUT2D eigenvalue weighted by atomic mass is 79.9. The second kappa shape index (κ2) is 7.41. The SMILES string of the molecule is CN(C)CCCCNC1CC(c2ccc(Br)cc2)C1. The van der Waals surface area contributed by atoms with E-state index in [0.717, 1.165) is 12.0 Å². The fourth-order valence-electron chi connectivity index (χ4n) is 2.65. The van der Waals surface area contributed by atoms with E-state index in [1.807, 2.05) is 0 Å². The van der Waals surface area contributed by atoms with Crippen molar-refractivity contribution in [1.29, 1.82) is 0 Å². The fraction of sp³-hybridized carbons (Fsp3) is 0.625. The van der Waals surface area contributed by atoms with Gasteiger partial charge in [-0.3, -0.25) is 0 Å².